The molecule has 2 unspecified atom stereocenters. The summed E-state index contributed by atoms with van der Waals surface area (Å²) in [6.07, 6.45) is 10.9. The van der Waals surface area contributed by atoms with Gasteiger partial charge in [-0.25, -0.2) is 4.98 Å². The summed E-state index contributed by atoms with van der Waals surface area (Å²) in [6, 6.07) is -3.85. The van der Waals surface area contributed by atoms with Gasteiger partial charge in [-0.15, -0.1) is 6.58 Å². The maximum atomic E-state index is 14.5. The third kappa shape index (κ3) is 8.53. The molecule has 49 heavy (non-hydrogen) atoms. The molecule has 13 heteroatoms. The first-order valence-electron chi connectivity index (χ1n) is 17.5. The summed E-state index contributed by atoms with van der Waals surface area (Å²) in [5, 5.41) is 11.1. The van der Waals surface area contributed by atoms with Gasteiger partial charge >= 0.3 is 0 Å². The van der Waals surface area contributed by atoms with Crippen LogP contribution in [0.4, 0.5) is 0 Å². The third-order valence-corrected chi connectivity index (χ3v) is 10.5. The van der Waals surface area contributed by atoms with Gasteiger partial charge in [-0.1, -0.05) is 73.3 Å². The number of piperidine rings is 1. The molecule has 6 atom stereocenters. The fraction of sp³-hybridized carbons (Fsp3) is 0.667. The second-order valence-electron chi connectivity index (χ2n) is 15.3. The minimum atomic E-state index is -1.05. The van der Waals surface area contributed by atoms with E-state index in [9.17, 15) is 28.8 Å². The van der Waals surface area contributed by atoms with Crippen LogP contribution >= 0.6 is 0 Å². The number of amides is 5. The van der Waals surface area contributed by atoms with Crippen LogP contribution in [0, 0.1) is 28.6 Å². The van der Waals surface area contributed by atoms with Gasteiger partial charge in [0.2, 0.25) is 23.5 Å². The zero-order valence-electron chi connectivity index (χ0n) is 29.7. The van der Waals surface area contributed by atoms with E-state index in [1.54, 1.807) is 0 Å². The maximum absolute atomic E-state index is 14.5. The monoisotopic (exact) mass is 679 g/mol. The van der Waals surface area contributed by atoms with Gasteiger partial charge in [0.15, 0.2) is 0 Å². The summed E-state index contributed by atoms with van der Waals surface area (Å²) in [6.45, 7) is 15.5. The third-order valence-electron chi connectivity index (χ3n) is 10.5. The molecule has 0 spiro atoms. The number of fused-ring (bicyclic) bond motifs is 1. The van der Waals surface area contributed by atoms with Gasteiger partial charge < -0.3 is 26.2 Å². The van der Waals surface area contributed by atoms with Crippen LogP contribution in [0.1, 0.15) is 97.0 Å². The van der Waals surface area contributed by atoms with E-state index in [4.69, 9.17) is 0 Å². The highest BCUT2D eigenvalue weighted by Gasteiger charge is 2.70. The van der Waals surface area contributed by atoms with Crippen molar-refractivity contribution in [2.75, 3.05) is 13.1 Å². The molecular weight excluding hydrogens is 626 g/mol. The van der Waals surface area contributed by atoms with E-state index in [2.05, 4.69) is 51.7 Å². The number of rotatable bonds is 14. The zero-order chi connectivity index (χ0) is 36.1. The largest absolute Gasteiger partial charge is 0.346 e. The minimum absolute atomic E-state index is 0.0565. The molecule has 2 aliphatic carbocycles. The van der Waals surface area contributed by atoms with Gasteiger partial charge in [0, 0.05) is 25.5 Å². The topological polar surface area (TPSA) is 180 Å². The van der Waals surface area contributed by atoms with Gasteiger partial charge in [0.05, 0.1) is 12.2 Å². The number of hydrogen-bond acceptors (Lipinski definition) is 8. The van der Waals surface area contributed by atoms with Gasteiger partial charge in [-0.2, -0.15) is 0 Å². The Morgan fingerprint density at radius 3 is 2.33 bits per heavy atom. The Labute approximate surface area is 289 Å². The Balaban J connectivity index is 1.57. The summed E-state index contributed by atoms with van der Waals surface area (Å²) < 4.78 is 0. The van der Waals surface area contributed by atoms with E-state index >= 15 is 0 Å². The first-order chi connectivity index (χ1) is 23.1. The van der Waals surface area contributed by atoms with Crippen molar-refractivity contribution >= 4 is 35.3 Å². The Morgan fingerprint density at radius 2 is 1.73 bits per heavy atom. The van der Waals surface area contributed by atoms with Crippen LogP contribution in [0.15, 0.2) is 31.2 Å². The van der Waals surface area contributed by atoms with Crippen molar-refractivity contribution < 1.29 is 28.8 Å². The molecule has 1 aliphatic heterocycles. The predicted octanol–water partition coefficient (Wildman–Crippen LogP) is 2.33. The van der Waals surface area contributed by atoms with E-state index < -0.39 is 64.9 Å². The van der Waals surface area contributed by atoms with Crippen LogP contribution in [0.3, 0.4) is 0 Å². The van der Waals surface area contributed by atoms with Crippen molar-refractivity contribution in [2.45, 2.75) is 111 Å². The van der Waals surface area contributed by atoms with E-state index in [-0.39, 0.29) is 41.8 Å². The van der Waals surface area contributed by atoms with Gasteiger partial charge in [0.25, 0.3) is 11.8 Å². The second-order valence-corrected chi connectivity index (χ2v) is 15.3. The van der Waals surface area contributed by atoms with Gasteiger partial charge in [0.1, 0.15) is 23.8 Å². The molecule has 4 N–H and O–H groups in total. The molecule has 1 aromatic heterocycles. The van der Waals surface area contributed by atoms with Crippen LogP contribution in [-0.4, -0.2) is 87.4 Å². The summed E-state index contributed by atoms with van der Waals surface area (Å²) >= 11 is 0. The molecule has 0 radical (unpaired) electrons. The first kappa shape index (κ1) is 37.7. The van der Waals surface area contributed by atoms with Crippen LogP contribution in [0.25, 0.3) is 0 Å². The molecule has 4 rings (SSSR count). The van der Waals surface area contributed by atoms with Gasteiger partial charge in [-0.05, 0) is 47.8 Å². The standard InChI is InChI=1S/C36H53N7O6/c1-8-13-23(28(44)33(48)39-16-9-2)40-32(47)27-25-22(36(25,6)7)20-43(27)34(49)29(35(3,4)5)42-31(46)26(21-14-11-10-12-15-21)41-30(45)24-19-37-17-18-38-24/h9,17-19,21-23,25-27,29H,2,8,10-16,20H2,1,3-7H3,(H,39,48)(H,40,47)(H,41,45)(H,42,46)/t22?,23?,25-,26-,27-,29+/m0/s1. The zero-order valence-corrected chi connectivity index (χ0v) is 29.7. The van der Waals surface area contributed by atoms with E-state index in [1.807, 2.05) is 27.7 Å². The first-order valence-corrected chi connectivity index (χ1v) is 17.5. The SMILES string of the molecule is C=CCNC(=O)C(=O)C(CCC)NC(=O)[C@@H]1[C@@H]2C(CN1C(=O)[C@@H](NC(=O)[C@@H](NC(=O)c1cnccn1)C1CCCCC1)C(C)(C)C)C2(C)C. The Hall–Kier alpha value is -4.16. The molecule has 2 saturated carbocycles. The van der Waals surface area contributed by atoms with Crippen LogP contribution in [-0.2, 0) is 24.0 Å². The highest BCUT2D eigenvalue weighted by molar-refractivity contribution is 6.38. The van der Waals surface area contributed by atoms with Crippen molar-refractivity contribution in [3.8, 4) is 0 Å². The Morgan fingerprint density at radius 1 is 1.04 bits per heavy atom. The number of nitrogens with one attached hydrogen (secondary N) is 4. The predicted molar refractivity (Wildman–Crippen MR) is 183 cm³/mol. The summed E-state index contributed by atoms with van der Waals surface area (Å²) in [4.78, 5) is 90.9. The number of ketones is 1. The van der Waals surface area contributed by atoms with Crippen molar-refractivity contribution in [3.05, 3.63) is 36.9 Å². The number of Topliss-reactive ketones (excluding diaryl/α,β-unsaturated/α-hetero) is 1. The van der Waals surface area contributed by atoms with Crippen molar-refractivity contribution in [1.82, 2.24) is 36.1 Å². The smallest absolute Gasteiger partial charge is 0.289 e. The average Bonchev–Trinajstić information content (AvgIpc) is 3.38. The van der Waals surface area contributed by atoms with Crippen LogP contribution in [0.2, 0.25) is 0 Å². The fourth-order valence-corrected chi connectivity index (χ4v) is 7.58. The Bertz CT molecular complexity index is 1420. The lowest BCUT2D eigenvalue weighted by Gasteiger charge is -2.39. The molecule has 3 aliphatic rings. The maximum Gasteiger partial charge on any atom is 0.289 e. The van der Waals surface area contributed by atoms with Crippen LogP contribution < -0.4 is 21.3 Å². The molecule has 13 nitrogen and oxygen atoms in total. The summed E-state index contributed by atoms with van der Waals surface area (Å²) in [7, 11) is 0. The molecule has 5 amide bonds. The second kappa shape index (κ2) is 15.6. The molecule has 2 heterocycles. The molecule has 1 aromatic rings. The van der Waals surface area contributed by atoms with E-state index in [0.717, 1.165) is 32.1 Å². The molecule has 0 bridgehead atoms. The number of nitrogens with zero attached hydrogens (tertiary/aromatic N) is 3. The number of likely N-dealkylation sites (tertiary alicyclic amines) is 1. The summed E-state index contributed by atoms with van der Waals surface area (Å²) in [5.74, 6) is -3.68. The quantitative estimate of drug-likeness (QED) is 0.171. The highest BCUT2D eigenvalue weighted by Crippen LogP contribution is 2.65. The van der Waals surface area contributed by atoms with Crippen molar-refractivity contribution in [3.63, 3.8) is 0 Å². The number of carbonyl (C=O) groups excluding carboxylic acids is 6. The number of carbonyl (C=O) groups is 6. The molecule has 268 valence electrons. The lowest BCUT2D eigenvalue weighted by atomic mass is 9.82. The Kier molecular flexibility index (Phi) is 12.0. The normalized spacial score (nSPS) is 23.2. The minimum Gasteiger partial charge on any atom is -0.346 e. The summed E-state index contributed by atoms with van der Waals surface area (Å²) in [5.41, 5.74) is -0.876. The van der Waals surface area contributed by atoms with Gasteiger partial charge in [-0.3, -0.25) is 33.8 Å². The van der Waals surface area contributed by atoms with Crippen molar-refractivity contribution in [1.29, 1.82) is 0 Å². The van der Waals surface area contributed by atoms with E-state index in [1.165, 1.54) is 29.6 Å². The molecule has 1 saturated heterocycles. The van der Waals surface area contributed by atoms with E-state index in [0.29, 0.717) is 13.0 Å². The number of hydrogen-bond donors (Lipinski definition) is 4. The lowest BCUT2D eigenvalue weighted by molar-refractivity contribution is -0.147. The average molecular weight is 680 g/mol. The fourth-order valence-electron chi connectivity index (χ4n) is 7.58. The molecule has 3 fully saturated rings. The van der Waals surface area contributed by atoms with Crippen LogP contribution in [0.5, 0.6) is 0 Å². The number of aromatic nitrogens is 2. The molecule has 0 aromatic carbocycles. The lowest BCUT2D eigenvalue weighted by Crippen LogP contribution is -2.62. The molecular formula is C36H53N7O6. The highest BCUT2D eigenvalue weighted by atomic mass is 16.2. The van der Waals surface area contributed by atoms with Crippen molar-refractivity contribution in [2.24, 2.45) is 28.6 Å².